The fourth-order valence-electron chi connectivity index (χ4n) is 4.68. The van der Waals surface area contributed by atoms with Gasteiger partial charge in [0.05, 0.1) is 4.90 Å². The highest BCUT2D eigenvalue weighted by atomic mass is 32.2. The van der Waals surface area contributed by atoms with Gasteiger partial charge in [-0.1, -0.05) is 6.42 Å². The predicted molar refractivity (Wildman–Crippen MR) is 106 cm³/mol. The lowest BCUT2D eigenvalue weighted by Crippen LogP contribution is -2.53. The van der Waals surface area contributed by atoms with Crippen molar-refractivity contribution in [3.8, 4) is 0 Å². The molecule has 2 unspecified atom stereocenters. The van der Waals surface area contributed by atoms with Gasteiger partial charge in [-0.25, -0.2) is 12.7 Å². The predicted octanol–water partition coefficient (Wildman–Crippen LogP) is 2.19. The van der Waals surface area contributed by atoms with Gasteiger partial charge >= 0.3 is 0 Å². The molecule has 0 saturated heterocycles. The Morgan fingerprint density at radius 3 is 2.30 bits per heavy atom. The molecular weight excluding hydrogens is 362 g/mol. The van der Waals surface area contributed by atoms with Crippen molar-refractivity contribution in [2.75, 3.05) is 14.1 Å². The van der Waals surface area contributed by atoms with E-state index in [0.29, 0.717) is 23.0 Å². The molecule has 6 nitrogen and oxygen atoms in total. The number of hydrogen-bond donors (Lipinski definition) is 2. The van der Waals surface area contributed by atoms with Gasteiger partial charge in [0.15, 0.2) is 0 Å². The summed E-state index contributed by atoms with van der Waals surface area (Å²) in [7, 11) is -0.598. The SMILES string of the molecule is Cc1cc(C(=O)NC2C3CCCC2CC(N)C3)cc(S(=O)(=O)N(C)C)c1C. The minimum Gasteiger partial charge on any atom is -0.349 e. The van der Waals surface area contributed by atoms with Crippen molar-refractivity contribution in [1.29, 1.82) is 0 Å². The van der Waals surface area contributed by atoms with Gasteiger partial charge in [0.2, 0.25) is 10.0 Å². The first-order valence-corrected chi connectivity index (χ1v) is 11.2. The number of carbonyl (C=O) groups is 1. The summed E-state index contributed by atoms with van der Waals surface area (Å²) in [5, 5.41) is 3.21. The van der Waals surface area contributed by atoms with E-state index in [4.69, 9.17) is 5.73 Å². The van der Waals surface area contributed by atoms with Gasteiger partial charge in [-0.15, -0.1) is 0 Å². The number of aryl methyl sites for hydroxylation is 1. The molecule has 0 aliphatic heterocycles. The van der Waals surface area contributed by atoms with Gasteiger partial charge < -0.3 is 11.1 Å². The number of carbonyl (C=O) groups excluding carboxylic acids is 1. The minimum atomic E-state index is -3.60. The van der Waals surface area contributed by atoms with Gasteiger partial charge in [-0.3, -0.25) is 4.79 Å². The molecule has 1 aromatic carbocycles. The Kier molecular flexibility index (Phi) is 5.66. The Balaban J connectivity index is 1.88. The van der Waals surface area contributed by atoms with Gasteiger partial charge in [0, 0.05) is 31.7 Å². The third-order valence-corrected chi connectivity index (χ3v) is 8.26. The second-order valence-electron chi connectivity index (χ2n) is 8.39. The first-order valence-electron chi connectivity index (χ1n) is 9.71. The van der Waals surface area contributed by atoms with Crippen LogP contribution in [0.25, 0.3) is 0 Å². The van der Waals surface area contributed by atoms with E-state index < -0.39 is 10.0 Å². The summed E-state index contributed by atoms with van der Waals surface area (Å²) in [6.07, 6.45) is 5.30. The molecule has 2 aliphatic rings. The highest BCUT2D eigenvalue weighted by Crippen LogP contribution is 2.39. The van der Waals surface area contributed by atoms with Crippen molar-refractivity contribution >= 4 is 15.9 Å². The number of fused-ring (bicyclic) bond motifs is 2. The summed E-state index contributed by atoms with van der Waals surface area (Å²) in [6.45, 7) is 3.62. The molecule has 1 amide bonds. The average molecular weight is 394 g/mol. The third kappa shape index (κ3) is 3.91. The van der Waals surface area contributed by atoms with E-state index in [0.717, 1.165) is 31.2 Å². The molecule has 1 aromatic rings. The maximum Gasteiger partial charge on any atom is 0.251 e. The van der Waals surface area contributed by atoms with E-state index >= 15 is 0 Å². The molecule has 3 rings (SSSR count). The number of nitrogens with two attached hydrogens (primary N) is 1. The Hall–Kier alpha value is -1.44. The van der Waals surface area contributed by atoms with Crippen LogP contribution >= 0.6 is 0 Å². The largest absolute Gasteiger partial charge is 0.349 e. The molecule has 2 fully saturated rings. The first-order chi connectivity index (χ1) is 12.6. The Morgan fingerprint density at radius 1 is 1.15 bits per heavy atom. The van der Waals surface area contributed by atoms with E-state index in [9.17, 15) is 13.2 Å². The highest BCUT2D eigenvalue weighted by molar-refractivity contribution is 7.89. The van der Waals surface area contributed by atoms with Crippen LogP contribution in [-0.4, -0.2) is 44.8 Å². The fraction of sp³-hybridized carbons (Fsp3) is 0.650. The Bertz CT molecular complexity index is 821. The lowest BCUT2D eigenvalue weighted by Gasteiger charge is -2.45. The Morgan fingerprint density at radius 2 is 1.74 bits per heavy atom. The molecule has 2 atom stereocenters. The molecule has 7 heteroatoms. The number of benzene rings is 1. The van der Waals surface area contributed by atoms with Crippen LogP contribution in [0.4, 0.5) is 0 Å². The quantitative estimate of drug-likeness (QED) is 0.820. The summed E-state index contributed by atoms with van der Waals surface area (Å²) in [5.41, 5.74) is 8.07. The molecule has 27 heavy (non-hydrogen) atoms. The maximum absolute atomic E-state index is 13.0. The molecular formula is C20H31N3O3S. The number of sulfonamides is 1. The van der Waals surface area contributed by atoms with Crippen LogP contribution in [0.2, 0.25) is 0 Å². The summed E-state index contributed by atoms with van der Waals surface area (Å²) in [6, 6.07) is 3.66. The minimum absolute atomic E-state index is 0.140. The van der Waals surface area contributed by atoms with Crippen molar-refractivity contribution in [2.24, 2.45) is 17.6 Å². The van der Waals surface area contributed by atoms with Crippen LogP contribution in [0.1, 0.15) is 53.6 Å². The normalized spacial score (nSPS) is 28.2. The first kappa shape index (κ1) is 20.3. The average Bonchev–Trinajstić information content (AvgIpc) is 2.57. The Labute approximate surface area is 162 Å². The van der Waals surface area contributed by atoms with E-state index in [1.165, 1.54) is 30.9 Å². The number of hydrogen-bond acceptors (Lipinski definition) is 4. The third-order valence-electron chi connectivity index (χ3n) is 6.31. The van der Waals surface area contributed by atoms with Crippen molar-refractivity contribution in [2.45, 2.75) is 62.9 Å². The summed E-state index contributed by atoms with van der Waals surface area (Å²) in [4.78, 5) is 13.2. The van der Waals surface area contributed by atoms with Crippen molar-refractivity contribution in [3.63, 3.8) is 0 Å². The molecule has 2 bridgehead atoms. The number of amides is 1. The summed E-state index contributed by atoms with van der Waals surface area (Å²) >= 11 is 0. The van der Waals surface area contributed by atoms with E-state index in [-0.39, 0.29) is 22.9 Å². The fourth-order valence-corrected chi connectivity index (χ4v) is 5.90. The van der Waals surface area contributed by atoms with Gasteiger partial charge in [0.1, 0.15) is 0 Å². The summed E-state index contributed by atoms with van der Waals surface area (Å²) in [5.74, 6) is 0.659. The van der Waals surface area contributed by atoms with E-state index in [1.54, 1.807) is 13.0 Å². The monoisotopic (exact) mass is 393 g/mol. The zero-order valence-electron chi connectivity index (χ0n) is 16.7. The molecule has 0 radical (unpaired) electrons. The van der Waals surface area contributed by atoms with E-state index in [1.807, 2.05) is 6.92 Å². The summed E-state index contributed by atoms with van der Waals surface area (Å²) < 4.78 is 26.5. The topological polar surface area (TPSA) is 92.5 Å². The van der Waals surface area contributed by atoms with Gasteiger partial charge in [0.25, 0.3) is 5.91 Å². The lowest BCUT2D eigenvalue weighted by molar-refractivity contribution is 0.0755. The number of nitrogens with zero attached hydrogens (tertiary/aromatic N) is 1. The van der Waals surface area contributed by atoms with Crippen LogP contribution in [0.3, 0.4) is 0 Å². The molecule has 2 saturated carbocycles. The molecule has 2 aliphatic carbocycles. The molecule has 0 heterocycles. The zero-order chi connectivity index (χ0) is 19.9. The second kappa shape index (κ2) is 7.53. The van der Waals surface area contributed by atoms with Crippen LogP contribution < -0.4 is 11.1 Å². The smallest absolute Gasteiger partial charge is 0.251 e. The zero-order valence-corrected chi connectivity index (χ0v) is 17.5. The van der Waals surface area contributed by atoms with Crippen LogP contribution in [0.5, 0.6) is 0 Å². The maximum atomic E-state index is 13.0. The number of nitrogens with one attached hydrogen (secondary N) is 1. The molecule has 150 valence electrons. The van der Waals surface area contributed by atoms with E-state index in [2.05, 4.69) is 5.32 Å². The van der Waals surface area contributed by atoms with Crippen LogP contribution in [0, 0.1) is 25.7 Å². The lowest BCUT2D eigenvalue weighted by atomic mass is 9.67. The van der Waals surface area contributed by atoms with Gasteiger partial charge in [-0.05, 0) is 74.6 Å². The number of rotatable bonds is 4. The standard InChI is InChI=1S/C20H31N3O3S/c1-12-8-16(11-18(13(12)2)27(25,26)23(3)4)20(24)22-19-14-6-5-7-15(19)10-17(21)9-14/h8,11,14-15,17,19H,5-7,9-10,21H2,1-4H3,(H,22,24). The van der Waals surface area contributed by atoms with Crippen molar-refractivity contribution < 1.29 is 13.2 Å². The molecule has 0 aromatic heterocycles. The van der Waals surface area contributed by atoms with Crippen molar-refractivity contribution in [1.82, 2.24) is 9.62 Å². The van der Waals surface area contributed by atoms with Gasteiger partial charge in [-0.2, -0.15) is 0 Å². The second-order valence-corrected chi connectivity index (χ2v) is 10.5. The molecule has 3 N–H and O–H groups in total. The molecule has 0 spiro atoms. The van der Waals surface area contributed by atoms with Crippen LogP contribution in [-0.2, 0) is 10.0 Å². The van der Waals surface area contributed by atoms with Crippen LogP contribution in [0.15, 0.2) is 17.0 Å². The highest BCUT2D eigenvalue weighted by Gasteiger charge is 2.40. The van der Waals surface area contributed by atoms with Crippen molar-refractivity contribution in [3.05, 3.63) is 28.8 Å².